The lowest BCUT2D eigenvalue weighted by atomic mass is 10.0. The molecule has 0 radical (unpaired) electrons. The summed E-state index contributed by atoms with van der Waals surface area (Å²) < 4.78 is 0. The van der Waals surface area contributed by atoms with E-state index in [1.165, 1.54) is 22.0 Å². The van der Waals surface area contributed by atoms with E-state index in [0.29, 0.717) is 0 Å². The highest BCUT2D eigenvalue weighted by atomic mass is 14.9. The number of hydrogen-bond acceptors (Lipinski definition) is 2. The largest absolute Gasteiger partial charge is 0.361 e. The van der Waals surface area contributed by atoms with Gasteiger partial charge < -0.3 is 10.3 Å². The van der Waals surface area contributed by atoms with E-state index in [2.05, 4.69) is 76.1 Å². The van der Waals surface area contributed by atoms with Gasteiger partial charge in [-0.1, -0.05) is 48.5 Å². The number of H-pyrrole nitrogens is 1. The van der Waals surface area contributed by atoms with Gasteiger partial charge in [-0.15, -0.1) is 0 Å². The van der Waals surface area contributed by atoms with Crippen molar-refractivity contribution in [3.8, 4) is 0 Å². The third kappa shape index (κ3) is 3.72. The summed E-state index contributed by atoms with van der Waals surface area (Å²) in [5.41, 5.74) is 7.19. The zero-order valence-electron chi connectivity index (χ0n) is 16.2. The van der Waals surface area contributed by atoms with Crippen LogP contribution in [0.5, 0.6) is 0 Å². The molecule has 0 saturated carbocycles. The van der Waals surface area contributed by atoms with Crippen LogP contribution in [0.15, 0.2) is 91.3 Å². The molecule has 0 aliphatic rings. The second kappa shape index (κ2) is 7.80. The van der Waals surface area contributed by atoms with Gasteiger partial charge in [0.25, 0.3) is 0 Å². The lowest BCUT2D eigenvalue weighted by molar-refractivity contribution is 0.825. The van der Waals surface area contributed by atoms with E-state index < -0.39 is 0 Å². The molecular weight excluding hydrogens is 354 g/mol. The molecular formula is C26H23N3. The van der Waals surface area contributed by atoms with Gasteiger partial charge in [0.15, 0.2) is 0 Å². The molecule has 0 bridgehead atoms. The second-order valence-electron chi connectivity index (χ2n) is 7.41. The van der Waals surface area contributed by atoms with E-state index in [1.807, 2.05) is 30.5 Å². The first-order chi connectivity index (χ1) is 14.4. The topological polar surface area (TPSA) is 40.7 Å². The fourth-order valence-corrected chi connectivity index (χ4v) is 3.94. The van der Waals surface area contributed by atoms with Gasteiger partial charge in [0.2, 0.25) is 0 Å². The molecule has 5 rings (SSSR count). The van der Waals surface area contributed by atoms with E-state index in [9.17, 15) is 0 Å². The van der Waals surface area contributed by atoms with E-state index >= 15 is 0 Å². The van der Waals surface area contributed by atoms with Crippen LogP contribution in [0.4, 0.5) is 11.4 Å². The molecule has 0 unspecified atom stereocenters. The van der Waals surface area contributed by atoms with Crippen molar-refractivity contribution in [1.82, 2.24) is 9.97 Å². The van der Waals surface area contributed by atoms with Crippen LogP contribution < -0.4 is 5.32 Å². The summed E-state index contributed by atoms with van der Waals surface area (Å²) in [6.07, 6.45) is 7.31. The Morgan fingerprint density at radius 1 is 0.759 bits per heavy atom. The Kier molecular flexibility index (Phi) is 4.71. The fourth-order valence-electron chi connectivity index (χ4n) is 3.94. The van der Waals surface area contributed by atoms with E-state index in [0.717, 1.165) is 41.5 Å². The minimum Gasteiger partial charge on any atom is -0.361 e. The molecule has 0 atom stereocenters. The Morgan fingerprint density at radius 3 is 2.45 bits per heavy atom. The number of aryl methyl sites for hydroxylation is 2. The van der Waals surface area contributed by atoms with Crippen LogP contribution in [0.25, 0.3) is 21.8 Å². The third-order valence-corrected chi connectivity index (χ3v) is 5.47. The maximum Gasteiger partial charge on any atom is 0.0722 e. The monoisotopic (exact) mass is 377 g/mol. The summed E-state index contributed by atoms with van der Waals surface area (Å²) in [6, 6.07) is 27.5. The first-order valence-corrected chi connectivity index (χ1v) is 10.1. The Morgan fingerprint density at radius 2 is 1.55 bits per heavy atom. The molecule has 0 aliphatic heterocycles. The minimum absolute atomic E-state index is 1.01. The molecule has 2 aromatic heterocycles. The number of nitrogens with zero attached hydrogens (tertiary/aromatic N) is 1. The van der Waals surface area contributed by atoms with Crippen LogP contribution >= 0.6 is 0 Å². The Bertz CT molecular complexity index is 1250. The molecule has 0 amide bonds. The smallest absolute Gasteiger partial charge is 0.0722 e. The van der Waals surface area contributed by atoms with Gasteiger partial charge >= 0.3 is 0 Å². The number of benzene rings is 3. The van der Waals surface area contributed by atoms with Crippen LogP contribution in [0.2, 0.25) is 0 Å². The highest BCUT2D eigenvalue weighted by Crippen LogP contribution is 2.25. The third-order valence-electron chi connectivity index (χ3n) is 5.47. The molecule has 3 nitrogen and oxygen atoms in total. The van der Waals surface area contributed by atoms with Gasteiger partial charge in [0, 0.05) is 40.1 Å². The van der Waals surface area contributed by atoms with Crippen molar-refractivity contribution < 1.29 is 0 Å². The number of fused-ring (bicyclic) bond motifs is 2. The molecule has 0 fully saturated rings. The molecule has 0 aliphatic carbocycles. The Hall–Kier alpha value is -3.59. The van der Waals surface area contributed by atoms with Gasteiger partial charge in [-0.2, -0.15) is 0 Å². The van der Waals surface area contributed by atoms with Gasteiger partial charge in [-0.25, -0.2) is 0 Å². The fraction of sp³-hybridized carbons (Fsp3) is 0.115. The average molecular weight is 377 g/mol. The summed E-state index contributed by atoms with van der Waals surface area (Å²) in [4.78, 5) is 7.80. The molecule has 29 heavy (non-hydrogen) atoms. The highest BCUT2D eigenvalue weighted by Gasteiger charge is 2.04. The number of anilines is 2. The molecule has 142 valence electrons. The Labute approximate surface area is 170 Å². The van der Waals surface area contributed by atoms with Crippen molar-refractivity contribution in [3.63, 3.8) is 0 Å². The van der Waals surface area contributed by atoms with Crippen LogP contribution in [0, 0.1) is 0 Å². The maximum absolute atomic E-state index is 4.43. The van der Waals surface area contributed by atoms with Crippen LogP contribution in [-0.2, 0) is 12.8 Å². The zero-order chi connectivity index (χ0) is 19.5. The van der Waals surface area contributed by atoms with Crippen molar-refractivity contribution in [2.75, 3.05) is 5.32 Å². The van der Waals surface area contributed by atoms with Crippen molar-refractivity contribution >= 4 is 33.2 Å². The van der Waals surface area contributed by atoms with Gasteiger partial charge in [0.05, 0.1) is 5.52 Å². The van der Waals surface area contributed by atoms with Crippen molar-refractivity contribution in [2.24, 2.45) is 0 Å². The molecule has 0 saturated heterocycles. The van der Waals surface area contributed by atoms with E-state index in [4.69, 9.17) is 0 Å². The zero-order valence-corrected chi connectivity index (χ0v) is 16.2. The quantitative estimate of drug-likeness (QED) is 0.348. The highest BCUT2D eigenvalue weighted by molar-refractivity contribution is 5.92. The molecule has 2 N–H and O–H groups in total. The number of rotatable bonds is 6. The van der Waals surface area contributed by atoms with Crippen molar-refractivity contribution in [2.45, 2.75) is 19.3 Å². The maximum atomic E-state index is 4.43. The average Bonchev–Trinajstić information content (AvgIpc) is 3.18. The lowest BCUT2D eigenvalue weighted by Gasteiger charge is -2.10. The lowest BCUT2D eigenvalue weighted by Crippen LogP contribution is -1.94. The van der Waals surface area contributed by atoms with Gasteiger partial charge in [0.1, 0.15) is 0 Å². The van der Waals surface area contributed by atoms with Crippen LogP contribution in [0.3, 0.4) is 0 Å². The minimum atomic E-state index is 1.01. The number of pyridine rings is 1. The summed E-state index contributed by atoms with van der Waals surface area (Å²) >= 11 is 0. The number of para-hydroxylation sites is 2. The van der Waals surface area contributed by atoms with Crippen LogP contribution in [0.1, 0.15) is 17.5 Å². The van der Waals surface area contributed by atoms with Crippen LogP contribution in [-0.4, -0.2) is 9.97 Å². The summed E-state index contributed by atoms with van der Waals surface area (Å²) in [6.45, 7) is 0. The predicted octanol–water partition coefficient (Wildman–Crippen LogP) is 6.64. The number of aromatic amines is 1. The molecule has 3 aromatic carbocycles. The SMILES string of the molecule is c1ccc2c(Nc3ccc(CCCc4c[nH]c5ccccc45)cc3)ccnc2c1. The molecule has 0 spiro atoms. The predicted molar refractivity (Wildman–Crippen MR) is 122 cm³/mol. The van der Waals surface area contributed by atoms with Crippen molar-refractivity contribution in [1.29, 1.82) is 0 Å². The second-order valence-corrected chi connectivity index (χ2v) is 7.41. The first-order valence-electron chi connectivity index (χ1n) is 10.1. The normalized spacial score (nSPS) is 11.2. The van der Waals surface area contributed by atoms with Gasteiger partial charge in [-0.3, -0.25) is 4.98 Å². The molecule has 5 aromatic rings. The molecule has 2 heterocycles. The summed E-state index contributed by atoms with van der Waals surface area (Å²) in [5.74, 6) is 0. The number of hydrogen-bond donors (Lipinski definition) is 2. The van der Waals surface area contributed by atoms with Crippen molar-refractivity contribution in [3.05, 3.63) is 102 Å². The van der Waals surface area contributed by atoms with Gasteiger partial charge in [-0.05, 0) is 60.7 Å². The first kappa shape index (κ1) is 17.5. The summed E-state index contributed by atoms with van der Waals surface area (Å²) in [7, 11) is 0. The number of nitrogens with one attached hydrogen (secondary N) is 2. The van der Waals surface area contributed by atoms with E-state index in [1.54, 1.807) is 0 Å². The van der Waals surface area contributed by atoms with E-state index in [-0.39, 0.29) is 0 Å². The standard InChI is InChI=1S/C26H23N3/c1-3-10-24-22(8-1)20(18-28-24)7-5-6-19-12-14-21(15-13-19)29-26-16-17-27-25-11-4-2-9-23(25)26/h1-4,8-18,28H,5-7H2,(H,27,29). The number of aromatic nitrogens is 2. The molecule has 3 heteroatoms. The summed E-state index contributed by atoms with van der Waals surface area (Å²) in [5, 5.41) is 6.01. The Balaban J connectivity index is 1.23.